The molecule has 1 spiro atoms. The maximum absolute atomic E-state index is 12.2. The van der Waals surface area contributed by atoms with Crippen molar-refractivity contribution in [1.29, 1.82) is 0 Å². The number of carbonyl (C=O) groups excluding carboxylic acids is 2. The first-order chi connectivity index (χ1) is 8.33. The molecular weight excluding hydrogens is 234 g/mol. The van der Waals surface area contributed by atoms with Crippen molar-refractivity contribution in [3.05, 3.63) is 0 Å². The zero-order valence-electron chi connectivity index (χ0n) is 11.1. The second-order valence-electron chi connectivity index (χ2n) is 6.57. The lowest BCUT2D eigenvalue weighted by Crippen LogP contribution is -2.70. The summed E-state index contributed by atoms with van der Waals surface area (Å²) >= 11 is 0. The molecule has 4 fully saturated rings. The van der Waals surface area contributed by atoms with Gasteiger partial charge in [0.25, 0.3) is 0 Å². The molecule has 3 saturated heterocycles. The molecule has 5 heteroatoms. The van der Waals surface area contributed by atoms with Crippen LogP contribution in [0.15, 0.2) is 0 Å². The molecule has 1 aliphatic carbocycles. The first-order valence-electron chi connectivity index (χ1n) is 6.51. The number of esters is 1. The van der Waals surface area contributed by atoms with Crippen LogP contribution in [0, 0.1) is 11.8 Å². The summed E-state index contributed by atoms with van der Waals surface area (Å²) in [6.45, 7) is 6.57. The van der Waals surface area contributed by atoms with Crippen molar-refractivity contribution in [3.8, 4) is 0 Å². The molecular formula is C13H19NO4. The highest BCUT2D eigenvalue weighted by Crippen LogP contribution is 2.57. The van der Waals surface area contributed by atoms with Gasteiger partial charge in [0, 0.05) is 6.54 Å². The molecule has 0 aromatic heterocycles. The minimum absolute atomic E-state index is 0.112. The molecule has 3 heterocycles. The Morgan fingerprint density at radius 2 is 2.22 bits per heavy atom. The van der Waals surface area contributed by atoms with Crippen LogP contribution in [0.1, 0.15) is 33.6 Å². The van der Waals surface area contributed by atoms with E-state index in [1.807, 2.05) is 20.8 Å². The molecule has 0 unspecified atom stereocenters. The van der Waals surface area contributed by atoms with Gasteiger partial charge < -0.3 is 9.47 Å². The van der Waals surface area contributed by atoms with Crippen LogP contribution in [0.2, 0.25) is 0 Å². The van der Waals surface area contributed by atoms with Gasteiger partial charge in [0.15, 0.2) is 0 Å². The Labute approximate surface area is 106 Å². The van der Waals surface area contributed by atoms with Gasteiger partial charge in [-0.1, -0.05) is 0 Å². The molecule has 100 valence electrons. The number of carbonyl (C=O) groups is 2. The average molecular weight is 253 g/mol. The Morgan fingerprint density at radius 1 is 1.50 bits per heavy atom. The van der Waals surface area contributed by atoms with Crippen molar-refractivity contribution in [3.63, 3.8) is 0 Å². The lowest BCUT2D eigenvalue weighted by molar-refractivity contribution is -0.151. The number of piperidine rings is 2. The average Bonchev–Trinajstić information content (AvgIpc) is 2.48. The topological polar surface area (TPSA) is 55.8 Å². The van der Waals surface area contributed by atoms with E-state index in [-0.39, 0.29) is 18.0 Å². The molecule has 3 atom stereocenters. The summed E-state index contributed by atoms with van der Waals surface area (Å²) in [7, 11) is 0. The molecule has 0 aromatic carbocycles. The van der Waals surface area contributed by atoms with Crippen LogP contribution >= 0.6 is 0 Å². The third-order valence-electron chi connectivity index (χ3n) is 4.26. The summed E-state index contributed by atoms with van der Waals surface area (Å²) < 4.78 is 10.6. The van der Waals surface area contributed by atoms with Gasteiger partial charge in [0.05, 0.1) is 11.5 Å². The molecule has 0 radical (unpaired) electrons. The maximum Gasteiger partial charge on any atom is 0.410 e. The van der Waals surface area contributed by atoms with Crippen molar-refractivity contribution in [2.45, 2.75) is 44.8 Å². The number of nitrogens with zero attached hydrogens (tertiary/aromatic N) is 1. The first kappa shape index (κ1) is 11.8. The van der Waals surface area contributed by atoms with Crippen LogP contribution in [0.3, 0.4) is 0 Å². The van der Waals surface area contributed by atoms with E-state index in [9.17, 15) is 9.59 Å². The van der Waals surface area contributed by atoms with Crippen LogP contribution < -0.4 is 0 Å². The largest absolute Gasteiger partial charge is 0.463 e. The van der Waals surface area contributed by atoms with Gasteiger partial charge in [0.2, 0.25) is 0 Å². The van der Waals surface area contributed by atoms with Crippen LogP contribution in [0.4, 0.5) is 4.79 Å². The fraction of sp³-hybridized carbons (Fsp3) is 0.846. The van der Waals surface area contributed by atoms with E-state index in [1.165, 1.54) is 0 Å². The molecule has 2 bridgehead atoms. The van der Waals surface area contributed by atoms with Crippen molar-refractivity contribution >= 4 is 12.1 Å². The molecule has 4 rings (SSSR count). The predicted molar refractivity (Wildman–Crippen MR) is 62.8 cm³/mol. The molecule has 0 aromatic rings. The highest BCUT2D eigenvalue weighted by atomic mass is 16.6. The first-order valence-corrected chi connectivity index (χ1v) is 6.51. The smallest absolute Gasteiger partial charge is 0.410 e. The summed E-state index contributed by atoms with van der Waals surface area (Å²) in [5, 5.41) is 0. The minimum Gasteiger partial charge on any atom is -0.463 e. The predicted octanol–water partition coefficient (Wildman–Crippen LogP) is 1.56. The number of hydrogen-bond acceptors (Lipinski definition) is 4. The summed E-state index contributed by atoms with van der Waals surface area (Å²) in [6.07, 6.45) is 1.44. The van der Waals surface area contributed by atoms with Crippen molar-refractivity contribution in [2.75, 3.05) is 13.2 Å². The monoisotopic (exact) mass is 253 g/mol. The Hall–Kier alpha value is -1.26. The van der Waals surface area contributed by atoms with E-state index in [2.05, 4.69) is 0 Å². The fourth-order valence-corrected chi connectivity index (χ4v) is 3.56. The lowest BCUT2D eigenvalue weighted by atomic mass is 9.56. The number of ether oxygens (including phenoxy) is 2. The van der Waals surface area contributed by atoms with Crippen LogP contribution in [-0.2, 0) is 14.3 Å². The molecule has 5 nitrogen and oxygen atoms in total. The molecule has 3 aliphatic heterocycles. The van der Waals surface area contributed by atoms with E-state index in [4.69, 9.17) is 9.47 Å². The third kappa shape index (κ3) is 1.45. The molecule has 1 saturated carbocycles. The minimum atomic E-state index is -0.507. The normalized spacial score (nSPS) is 37.7. The molecule has 18 heavy (non-hydrogen) atoms. The van der Waals surface area contributed by atoms with Crippen LogP contribution in [-0.4, -0.2) is 41.3 Å². The lowest BCUT2D eigenvalue weighted by Gasteiger charge is -2.58. The zero-order chi connectivity index (χ0) is 13.1. The molecule has 1 amide bonds. The number of fused-ring (bicyclic) bond motifs is 2. The van der Waals surface area contributed by atoms with Gasteiger partial charge in [0.1, 0.15) is 12.2 Å². The number of amides is 1. The number of hydrogen-bond donors (Lipinski definition) is 0. The van der Waals surface area contributed by atoms with Crippen LogP contribution in [0.5, 0.6) is 0 Å². The van der Waals surface area contributed by atoms with Crippen molar-refractivity contribution in [2.24, 2.45) is 11.8 Å². The Bertz CT molecular complexity index is 414. The Morgan fingerprint density at radius 3 is 2.89 bits per heavy atom. The molecule has 4 aliphatic rings. The van der Waals surface area contributed by atoms with Crippen LogP contribution in [0.25, 0.3) is 0 Å². The third-order valence-corrected chi connectivity index (χ3v) is 4.26. The quantitative estimate of drug-likeness (QED) is 0.615. The fourth-order valence-electron chi connectivity index (χ4n) is 3.56. The highest BCUT2D eigenvalue weighted by Gasteiger charge is 2.69. The van der Waals surface area contributed by atoms with E-state index in [0.29, 0.717) is 19.1 Å². The van der Waals surface area contributed by atoms with E-state index >= 15 is 0 Å². The molecule has 0 N–H and O–H groups in total. The number of rotatable bonds is 0. The standard InChI is InChI=1S/C13H19NO4/c1-12(2,3)18-11(16)14-5-4-8-6-13(14)7-17-10(15)9(8)13/h8-9H,4-7H2,1-3H3/t8-,9-,13-/m0/s1. The van der Waals surface area contributed by atoms with Gasteiger partial charge in [-0.25, -0.2) is 4.79 Å². The van der Waals surface area contributed by atoms with Gasteiger partial charge in [-0.3, -0.25) is 9.69 Å². The zero-order valence-corrected chi connectivity index (χ0v) is 11.1. The Kier molecular flexibility index (Phi) is 2.23. The van der Waals surface area contributed by atoms with Crippen molar-refractivity contribution < 1.29 is 19.1 Å². The summed E-state index contributed by atoms with van der Waals surface area (Å²) in [4.78, 5) is 25.7. The second kappa shape index (κ2) is 3.39. The highest BCUT2D eigenvalue weighted by molar-refractivity contribution is 5.82. The maximum atomic E-state index is 12.2. The summed E-state index contributed by atoms with van der Waals surface area (Å²) in [5.74, 6) is 0.150. The van der Waals surface area contributed by atoms with E-state index < -0.39 is 11.1 Å². The van der Waals surface area contributed by atoms with E-state index in [0.717, 1.165) is 12.8 Å². The van der Waals surface area contributed by atoms with Gasteiger partial charge in [-0.2, -0.15) is 0 Å². The second-order valence-corrected chi connectivity index (χ2v) is 6.57. The van der Waals surface area contributed by atoms with Crippen molar-refractivity contribution in [1.82, 2.24) is 4.90 Å². The van der Waals surface area contributed by atoms with E-state index in [1.54, 1.807) is 4.90 Å². The summed E-state index contributed by atoms with van der Waals surface area (Å²) in [6, 6.07) is 0. The Balaban J connectivity index is 1.81. The SMILES string of the molecule is CC(C)(C)OC(=O)N1CC[C@H]2C[C@@]13COC(=O)[C@H]23. The van der Waals surface area contributed by atoms with Gasteiger partial charge in [-0.15, -0.1) is 0 Å². The van der Waals surface area contributed by atoms with Gasteiger partial charge >= 0.3 is 12.1 Å². The number of cyclic esters (lactones) is 1. The van der Waals surface area contributed by atoms with Gasteiger partial charge in [-0.05, 0) is 39.5 Å². The summed E-state index contributed by atoms with van der Waals surface area (Å²) in [5.41, 5.74) is -0.907.